The van der Waals surface area contributed by atoms with Crippen LogP contribution in [0.2, 0.25) is 0 Å². The summed E-state index contributed by atoms with van der Waals surface area (Å²) < 4.78 is 0. The topological polar surface area (TPSA) is 44.3 Å². The Labute approximate surface area is 161 Å². The minimum Gasteiger partial charge on any atom is -0.369 e. The van der Waals surface area contributed by atoms with E-state index in [1.54, 1.807) is 0 Å². The number of hydrogen-bond donors (Lipinski definition) is 1. The summed E-state index contributed by atoms with van der Waals surface area (Å²) in [6, 6.07) is 22.5. The van der Waals surface area contributed by atoms with Crippen molar-refractivity contribution in [2.24, 2.45) is 0 Å². The Morgan fingerprint density at radius 1 is 0.889 bits per heavy atom. The molecule has 0 saturated carbocycles. The van der Waals surface area contributed by atoms with E-state index in [4.69, 9.17) is 9.97 Å². The monoisotopic (exact) mass is 361 g/mol. The highest BCUT2D eigenvalue weighted by Gasteiger charge is 2.14. The van der Waals surface area contributed by atoms with Crippen LogP contribution in [-0.2, 0) is 0 Å². The van der Waals surface area contributed by atoms with Crippen molar-refractivity contribution in [3.05, 3.63) is 66.7 Å². The third kappa shape index (κ3) is 5.05. The SMILES string of the molecule is CCN(c1ccccc1)c1nc(NCCN(C)C)cc(-c2ccccc2)n1. The lowest BCUT2D eigenvalue weighted by molar-refractivity contribution is 0.425. The van der Waals surface area contributed by atoms with Gasteiger partial charge in [0.15, 0.2) is 0 Å². The molecule has 0 fully saturated rings. The van der Waals surface area contributed by atoms with Crippen molar-refractivity contribution in [3.63, 3.8) is 0 Å². The maximum absolute atomic E-state index is 4.86. The minimum absolute atomic E-state index is 0.706. The van der Waals surface area contributed by atoms with Crippen LogP contribution in [0.4, 0.5) is 17.5 Å². The first kappa shape index (κ1) is 18.9. The van der Waals surface area contributed by atoms with Gasteiger partial charge in [-0.05, 0) is 33.2 Å². The minimum atomic E-state index is 0.706. The van der Waals surface area contributed by atoms with Crippen molar-refractivity contribution in [3.8, 4) is 11.3 Å². The van der Waals surface area contributed by atoms with Crippen LogP contribution in [0, 0.1) is 0 Å². The molecule has 140 valence electrons. The van der Waals surface area contributed by atoms with E-state index in [2.05, 4.69) is 60.4 Å². The summed E-state index contributed by atoms with van der Waals surface area (Å²) in [7, 11) is 4.13. The van der Waals surface area contributed by atoms with Gasteiger partial charge >= 0.3 is 0 Å². The summed E-state index contributed by atoms with van der Waals surface area (Å²) in [4.78, 5) is 13.9. The molecule has 2 aromatic carbocycles. The molecule has 1 heterocycles. The second-order valence-electron chi connectivity index (χ2n) is 6.61. The van der Waals surface area contributed by atoms with Crippen molar-refractivity contribution in [1.82, 2.24) is 14.9 Å². The number of rotatable bonds is 8. The van der Waals surface area contributed by atoms with E-state index < -0.39 is 0 Å². The van der Waals surface area contributed by atoms with Crippen LogP contribution in [0.25, 0.3) is 11.3 Å². The normalized spacial score (nSPS) is 10.8. The van der Waals surface area contributed by atoms with Gasteiger partial charge in [0.1, 0.15) is 5.82 Å². The molecule has 0 aliphatic carbocycles. The Hall–Kier alpha value is -2.92. The van der Waals surface area contributed by atoms with Crippen molar-refractivity contribution in [2.75, 3.05) is 43.9 Å². The van der Waals surface area contributed by atoms with Crippen LogP contribution in [0.1, 0.15) is 6.92 Å². The molecule has 5 nitrogen and oxygen atoms in total. The number of hydrogen-bond acceptors (Lipinski definition) is 5. The molecule has 0 spiro atoms. The predicted molar refractivity (Wildman–Crippen MR) is 114 cm³/mol. The number of nitrogens with one attached hydrogen (secondary N) is 1. The molecular formula is C22H27N5. The first-order chi connectivity index (χ1) is 13.2. The molecule has 3 rings (SSSR count). The third-order valence-electron chi connectivity index (χ3n) is 4.27. The molecule has 27 heavy (non-hydrogen) atoms. The van der Waals surface area contributed by atoms with Gasteiger partial charge in [0, 0.05) is 37.0 Å². The molecule has 0 bridgehead atoms. The molecule has 0 saturated heterocycles. The van der Waals surface area contributed by atoms with Gasteiger partial charge in [-0.2, -0.15) is 4.98 Å². The zero-order valence-electron chi connectivity index (χ0n) is 16.3. The molecule has 0 atom stereocenters. The molecule has 0 amide bonds. The lowest BCUT2D eigenvalue weighted by Crippen LogP contribution is -2.22. The summed E-state index contributed by atoms with van der Waals surface area (Å²) in [5.41, 5.74) is 3.09. The van der Waals surface area contributed by atoms with Gasteiger partial charge in [0.05, 0.1) is 5.69 Å². The molecule has 3 aromatic rings. The second kappa shape index (κ2) is 9.14. The standard InChI is InChI=1S/C22H27N5/c1-4-27(19-13-9-6-10-14-19)22-24-20(18-11-7-5-8-12-18)17-21(25-22)23-15-16-26(2)3/h5-14,17H,4,15-16H2,1-3H3,(H,23,24,25). The fourth-order valence-electron chi connectivity index (χ4n) is 2.86. The summed E-state index contributed by atoms with van der Waals surface area (Å²) in [5, 5.41) is 3.44. The fourth-order valence-corrected chi connectivity index (χ4v) is 2.86. The number of likely N-dealkylation sites (N-methyl/N-ethyl adjacent to an activating group) is 1. The molecule has 0 radical (unpaired) electrons. The number of nitrogens with zero attached hydrogens (tertiary/aromatic N) is 4. The van der Waals surface area contributed by atoms with Crippen LogP contribution in [0.15, 0.2) is 66.7 Å². The third-order valence-corrected chi connectivity index (χ3v) is 4.27. The second-order valence-corrected chi connectivity index (χ2v) is 6.61. The molecule has 1 aromatic heterocycles. The Bertz CT molecular complexity index is 834. The summed E-state index contributed by atoms with van der Waals surface area (Å²) in [5.74, 6) is 1.55. The van der Waals surface area contributed by atoms with Crippen LogP contribution < -0.4 is 10.2 Å². The quantitative estimate of drug-likeness (QED) is 0.649. The van der Waals surface area contributed by atoms with E-state index in [9.17, 15) is 0 Å². The van der Waals surface area contributed by atoms with Crippen LogP contribution >= 0.6 is 0 Å². The van der Waals surface area contributed by atoms with Gasteiger partial charge in [-0.15, -0.1) is 0 Å². The highest BCUT2D eigenvalue weighted by molar-refractivity contribution is 5.67. The Balaban J connectivity index is 1.98. The Kier molecular flexibility index (Phi) is 6.39. The number of anilines is 3. The maximum atomic E-state index is 4.86. The maximum Gasteiger partial charge on any atom is 0.232 e. The van der Waals surface area contributed by atoms with Gasteiger partial charge in [0.2, 0.25) is 5.95 Å². The van der Waals surface area contributed by atoms with Crippen LogP contribution in [0.3, 0.4) is 0 Å². The molecule has 0 aliphatic rings. The van der Waals surface area contributed by atoms with Crippen molar-refractivity contribution < 1.29 is 0 Å². The predicted octanol–water partition coefficient (Wildman–Crippen LogP) is 4.28. The van der Waals surface area contributed by atoms with Crippen molar-refractivity contribution in [2.45, 2.75) is 6.92 Å². The first-order valence-electron chi connectivity index (χ1n) is 9.33. The summed E-state index contributed by atoms with van der Waals surface area (Å²) in [6.45, 7) is 4.68. The fraction of sp³-hybridized carbons (Fsp3) is 0.273. The molecule has 0 aliphatic heterocycles. The lowest BCUT2D eigenvalue weighted by atomic mass is 10.1. The van der Waals surface area contributed by atoms with Gasteiger partial charge in [-0.3, -0.25) is 0 Å². The van der Waals surface area contributed by atoms with Gasteiger partial charge in [0.25, 0.3) is 0 Å². The average molecular weight is 361 g/mol. The highest BCUT2D eigenvalue weighted by Crippen LogP contribution is 2.27. The van der Waals surface area contributed by atoms with Crippen molar-refractivity contribution >= 4 is 17.5 Å². The van der Waals surface area contributed by atoms with Gasteiger partial charge < -0.3 is 15.1 Å². The summed E-state index contributed by atoms with van der Waals surface area (Å²) >= 11 is 0. The zero-order valence-corrected chi connectivity index (χ0v) is 16.3. The van der Waals surface area contributed by atoms with E-state index in [0.29, 0.717) is 5.95 Å². The van der Waals surface area contributed by atoms with E-state index >= 15 is 0 Å². The van der Waals surface area contributed by atoms with E-state index in [-0.39, 0.29) is 0 Å². The average Bonchev–Trinajstić information content (AvgIpc) is 2.70. The van der Waals surface area contributed by atoms with Crippen LogP contribution in [-0.4, -0.2) is 48.6 Å². The van der Waals surface area contributed by atoms with E-state index in [0.717, 1.165) is 42.4 Å². The van der Waals surface area contributed by atoms with Crippen LogP contribution in [0.5, 0.6) is 0 Å². The number of benzene rings is 2. The van der Waals surface area contributed by atoms with E-state index in [1.807, 2.05) is 42.5 Å². The smallest absolute Gasteiger partial charge is 0.232 e. The number of para-hydroxylation sites is 1. The molecule has 0 unspecified atom stereocenters. The van der Waals surface area contributed by atoms with Gasteiger partial charge in [-0.1, -0.05) is 48.5 Å². The largest absolute Gasteiger partial charge is 0.369 e. The van der Waals surface area contributed by atoms with Gasteiger partial charge in [-0.25, -0.2) is 4.98 Å². The van der Waals surface area contributed by atoms with E-state index in [1.165, 1.54) is 0 Å². The Morgan fingerprint density at radius 3 is 2.19 bits per heavy atom. The molecule has 1 N–H and O–H groups in total. The molecular weight excluding hydrogens is 334 g/mol. The zero-order chi connectivity index (χ0) is 19.1. The molecule has 5 heteroatoms. The number of aromatic nitrogens is 2. The summed E-state index contributed by atoms with van der Waals surface area (Å²) in [6.07, 6.45) is 0. The highest BCUT2D eigenvalue weighted by atomic mass is 15.3. The van der Waals surface area contributed by atoms with Crippen molar-refractivity contribution in [1.29, 1.82) is 0 Å². The first-order valence-corrected chi connectivity index (χ1v) is 9.33. The Morgan fingerprint density at radius 2 is 1.56 bits per heavy atom. The lowest BCUT2D eigenvalue weighted by Gasteiger charge is -2.22.